The first-order valence-electron chi connectivity index (χ1n) is 6.87. The van der Waals surface area contributed by atoms with Crippen molar-refractivity contribution in [2.24, 2.45) is 0 Å². The number of esters is 1. The first-order chi connectivity index (χ1) is 10.1. The van der Waals surface area contributed by atoms with Crippen molar-refractivity contribution in [1.29, 1.82) is 0 Å². The monoisotopic (exact) mass is 286 g/mol. The minimum Gasteiger partial charge on any atom is -0.508 e. The van der Waals surface area contributed by atoms with E-state index in [9.17, 15) is 15.0 Å². The Hall–Kier alpha value is -2.49. The van der Waals surface area contributed by atoms with Crippen molar-refractivity contribution in [2.75, 3.05) is 6.61 Å². The molecule has 2 N–H and O–H groups in total. The fourth-order valence-electron chi connectivity index (χ4n) is 2.23. The van der Waals surface area contributed by atoms with Gasteiger partial charge in [-0.3, -0.25) is 0 Å². The number of phenolic OH excluding ortho intramolecular Hbond substituents is 2. The standard InChI is InChI=1S/C17H18O4/c1-2-21-17(20)16-13(10-14(18)11-15(16)19)9-8-12-6-4-3-5-7-12/h3-7,10-11,18-19H,2,8-9H2,1H3. The smallest absolute Gasteiger partial charge is 0.342 e. The number of carbonyl (C=O) groups excluding carboxylic acids is 1. The van der Waals surface area contributed by atoms with Gasteiger partial charge < -0.3 is 14.9 Å². The number of aryl methyl sites for hydroxylation is 2. The van der Waals surface area contributed by atoms with Gasteiger partial charge >= 0.3 is 5.97 Å². The van der Waals surface area contributed by atoms with Crippen LogP contribution in [-0.4, -0.2) is 22.8 Å². The molecule has 4 nitrogen and oxygen atoms in total. The van der Waals surface area contributed by atoms with Crippen LogP contribution >= 0.6 is 0 Å². The normalized spacial score (nSPS) is 10.3. The summed E-state index contributed by atoms with van der Waals surface area (Å²) in [6.45, 7) is 1.94. The molecular formula is C17H18O4. The van der Waals surface area contributed by atoms with Gasteiger partial charge in [0.25, 0.3) is 0 Å². The van der Waals surface area contributed by atoms with E-state index in [-0.39, 0.29) is 23.7 Å². The topological polar surface area (TPSA) is 66.8 Å². The van der Waals surface area contributed by atoms with E-state index in [4.69, 9.17) is 4.74 Å². The summed E-state index contributed by atoms with van der Waals surface area (Å²) >= 11 is 0. The van der Waals surface area contributed by atoms with Gasteiger partial charge in [-0.15, -0.1) is 0 Å². The van der Waals surface area contributed by atoms with E-state index < -0.39 is 5.97 Å². The Morgan fingerprint density at radius 1 is 1.10 bits per heavy atom. The fraction of sp³-hybridized carbons (Fsp3) is 0.235. The molecule has 0 radical (unpaired) electrons. The minimum absolute atomic E-state index is 0.0661. The summed E-state index contributed by atoms with van der Waals surface area (Å²) in [5.41, 5.74) is 1.83. The highest BCUT2D eigenvalue weighted by atomic mass is 16.5. The Kier molecular flexibility index (Phi) is 4.82. The predicted molar refractivity (Wildman–Crippen MR) is 79.6 cm³/mol. The molecule has 0 heterocycles. The molecule has 4 heteroatoms. The van der Waals surface area contributed by atoms with Crippen molar-refractivity contribution in [3.8, 4) is 11.5 Å². The van der Waals surface area contributed by atoms with Gasteiger partial charge in [-0.2, -0.15) is 0 Å². The van der Waals surface area contributed by atoms with Crippen molar-refractivity contribution >= 4 is 5.97 Å². The number of benzene rings is 2. The third kappa shape index (κ3) is 3.75. The van der Waals surface area contributed by atoms with Gasteiger partial charge in [-0.25, -0.2) is 4.79 Å². The zero-order valence-corrected chi connectivity index (χ0v) is 11.9. The van der Waals surface area contributed by atoms with Crippen molar-refractivity contribution in [1.82, 2.24) is 0 Å². The molecule has 0 fully saturated rings. The molecule has 2 rings (SSSR count). The molecule has 0 bridgehead atoms. The highest BCUT2D eigenvalue weighted by Gasteiger charge is 2.18. The number of hydrogen-bond acceptors (Lipinski definition) is 4. The highest BCUT2D eigenvalue weighted by Crippen LogP contribution is 2.29. The molecule has 2 aromatic carbocycles. The number of ether oxygens (including phenoxy) is 1. The molecule has 0 amide bonds. The number of rotatable bonds is 5. The summed E-state index contributed by atoms with van der Waals surface area (Å²) < 4.78 is 4.96. The van der Waals surface area contributed by atoms with Gasteiger partial charge in [0, 0.05) is 6.07 Å². The van der Waals surface area contributed by atoms with Crippen LogP contribution in [0.4, 0.5) is 0 Å². The molecule has 0 aromatic heterocycles. The second-order valence-corrected chi connectivity index (χ2v) is 4.71. The lowest BCUT2D eigenvalue weighted by molar-refractivity contribution is 0.0521. The minimum atomic E-state index is -0.571. The van der Waals surface area contributed by atoms with Crippen LogP contribution in [0.1, 0.15) is 28.4 Å². The molecule has 21 heavy (non-hydrogen) atoms. The van der Waals surface area contributed by atoms with Crippen LogP contribution in [0.25, 0.3) is 0 Å². The fourth-order valence-corrected chi connectivity index (χ4v) is 2.23. The largest absolute Gasteiger partial charge is 0.508 e. The zero-order valence-electron chi connectivity index (χ0n) is 11.9. The van der Waals surface area contributed by atoms with Crippen LogP contribution in [0.15, 0.2) is 42.5 Å². The van der Waals surface area contributed by atoms with Crippen molar-refractivity contribution < 1.29 is 19.7 Å². The Bertz CT molecular complexity index is 620. The Balaban J connectivity index is 2.26. The van der Waals surface area contributed by atoms with Crippen LogP contribution in [-0.2, 0) is 17.6 Å². The molecule has 0 unspecified atom stereocenters. The van der Waals surface area contributed by atoms with Gasteiger partial charge in [0.05, 0.1) is 6.61 Å². The molecule has 0 atom stereocenters. The summed E-state index contributed by atoms with van der Waals surface area (Å²) in [6.07, 6.45) is 1.23. The van der Waals surface area contributed by atoms with Crippen LogP contribution in [0.5, 0.6) is 11.5 Å². The lowest BCUT2D eigenvalue weighted by atomic mass is 9.98. The molecule has 0 saturated heterocycles. The van der Waals surface area contributed by atoms with Gasteiger partial charge in [-0.05, 0) is 37.0 Å². The average Bonchev–Trinajstić information content (AvgIpc) is 2.45. The molecule has 0 aliphatic heterocycles. The Morgan fingerprint density at radius 3 is 2.48 bits per heavy atom. The van der Waals surface area contributed by atoms with E-state index in [1.165, 1.54) is 6.07 Å². The summed E-state index contributed by atoms with van der Waals surface area (Å²) in [5.74, 6) is -0.891. The molecule has 2 aromatic rings. The van der Waals surface area contributed by atoms with E-state index in [1.54, 1.807) is 6.92 Å². The first kappa shape index (κ1) is 14.9. The van der Waals surface area contributed by atoms with Crippen molar-refractivity contribution in [2.45, 2.75) is 19.8 Å². The number of phenols is 2. The average molecular weight is 286 g/mol. The molecular weight excluding hydrogens is 268 g/mol. The maximum absolute atomic E-state index is 11.9. The van der Waals surface area contributed by atoms with Crippen LogP contribution in [0.3, 0.4) is 0 Å². The van der Waals surface area contributed by atoms with Crippen molar-refractivity contribution in [3.63, 3.8) is 0 Å². The SMILES string of the molecule is CCOC(=O)c1c(O)cc(O)cc1CCc1ccccc1. The third-order valence-corrected chi connectivity index (χ3v) is 3.19. The summed E-state index contributed by atoms with van der Waals surface area (Å²) in [6, 6.07) is 12.5. The Labute approximate surface area is 123 Å². The second kappa shape index (κ2) is 6.79. The van der Waals surface area contributed by atoms with E-state index in [2.05, 4.69) is 0 Å². The van der Waals surface area contributed by atoms with E-state index in [1.807, 2.05) is 30.3 Å². The highest BCUT2D eigenvalue weighted by molar-refractivity contribution is 5.94. The van der Waals surface area contributed by atoms with E-state index in [0.29, 0.717) is 18.4 Å². The molecule has 110 valence electrons. The lowest BCUT2D eigenvalue weighted by Crippen LogP contribution is -2.09. The van der Waals surface area contributed by atoms with Gasteiger partial charge in [0.2, 0.25) is 0 Å². The van der Waals surface area contributed by atoms with E-state index in [0.717, 1.165) is 11.6 Å². The van der Waals surface area contributed by atoms with Gasteiger partial charge in [0.1, 0.15) is 17.1 Å². The summed E-state index contributed by atoms with van der Waals surface area (Å²) in [7, 11) is 0. The predicted octanol–water partition coefficient (Wildman–Crippen LogP) is 3.06. The molecule has 0 spiro atoms. The quantitative estimate of drug-likeness (QED) is 0.829. The number of hydrogen-bond donors (Lipinski definition) is 2. The number of carbonyl (C=O) groups is 1. The molecule has 0 aliphatic carbocycles. The zero-order chi connectivity index (χ0) is 15.2. The van der Waals surface area contributed by atoms with Crippen LogP contribution in [0.2, 0.25) is 0 Å². The van der Waals surface area contributed by atoms with Crippen LogP contribution in [0, 0.1) is 0 Å². The maximum atomic E-state index is 11.9. The van der Waals surface area contributed by atoms with Crippen molar-refractivity contribution in [3.05, 3.63) is 59.2 Å². The van der Waals surface area contributed by atoms with E-state index >= 15 is 0 Å². The Morgan fingerprint density at radius 2 is 1.81 bits per heavy atom. The molecule has 0 aliphatic rings. The first-order valence-corrected chi connectivity index (χ1v) is 6.87. The van der Waals surface area contributed by atoms with Crippen LogP contribution < -0.4 is 0 Å². The van der Waals surface area contributed by atoms with Gasteiger partial charge in [-0.1, -0.05) is 30.3 Å². The lowest BCUT2D eigenvalue weighted by Gasteiger charge is -2.11. The maximum Gasteiger partial charge on any atom is 0.342 e. The molecule has 0 saturated carbocycles. The van der Waals surface area contributed by atoms with Gasteiger partial charge in [0.15, 0.2) is 0 Å². The summed E-state index contributed by atoms with van der Waals surface area (Å²) in [4.78, 5) is 11.9. The number of aromatic hydroxyl groups is 2. The summed E-state index contributed by atoms with van der Waals surface area (Å²) in [5, 5.41) is 19.5. The third-order valence-electron chi connectivity index (χ3n) is 3.19. The second-order valence-electron chi connectivity index (χ2n) is 4.71.